The number of hydrogen-bond donors (Lipinski definition) is 2. The summed E-state index contributed by atoms with van der Waals surface area (Å²) < 4.78 is 42.1. The monoisotopic (exact) mass is 542 g/mol. The van der Waals surface area contributed by atoms with E-state index in [2.05, 4.69) is 15.2 Å². The SMILES string of the molecule is C[C@H](O)c1nc(Cn2nc(-c3ccc(Cl)cc3)n(C[C@H](O)C(F)(F)F)c2=O)nn1-c1cccc(Cl)c1. The molecule has 4 aromatic rings. The fourth-order valence-electron chi connectivity index (χ4n) is 3.44. The third-order valence-corrected chi connectivity index (χ3v) is 5.64. The lowest BCUT2D eigenvalue weighted by Gasteiger charge is -2.15. The van der Waals surface area contributed by atoms with E-state index in [1.54, 1.807) is 24.3 Å². The molecule has 0 spiro atoms. The molecule has 36 heavy (non-hydrogen) atoms. The summed E-state index contributed by atoms with van der Waals surface area (Å²) in [6.45, 7) is 0.0956. The molecule has 2 atom stereocenters. The van der Waals surface area contributed by atoms with Crippen LogP contribution in [0.2, 0.25) is 10.0 Å². The van der Waals surface area contributed by atoms with Gasteiger partial charge in [-0.15, -0.1) is 10.2 Å². The van der Waals surface area contributed by atoms with Gasteiger partial charge in [0.25, 0.3) is 0 Å². The van der Waals surface area contributed by atoms with Gasteiger partial charge in [-0.2, -0.15) is 13.2 Å². The van der Waals surface area contributed by atoms with Gasteiger partial charge in [0.05, 0.1) is 12.2 Å². The van der Waals surface area contributed by atoms with Crippen molar-refractivity contribution < 1.29 is 23.4 Å². The predicted octanol–water partition coefficient (Wildman–Crippen LogP) is 3.62. The summed E-state index contributed by atoms with van der Waals surface area (Å²) in [6.07, 6.45) is -8.77. The normalized spacial score (nSPS) is 13.7. The van der Waals surface area contributed by atoms with E-state index in [4.69, 9.17) is 23.2 Å². The lowest BCUT2D eigenvalue weighted by molar-refractivity contribution is -0.207. The summed E-state index contributed by atoms with van der Waals surface area (Å²) in [6, 6.07) is 12.6. The van der Waals surface area contributed by atoms with Gasteiger partial charge in [-0.25, -0.2) is 19.1 Å². The van der Waals surface area contributed by atoms with Crippen molar-refractivity contribution in [3.63, 3.8) is 0 Å². The Morgan fingerprint density at radius 3 is 2.33 bits per heavy atom. The standard InChI is InChI=1S/C22H19Cl2F3N6O3/c1-12(34)19-28-18(29-33(19)16-4-2-3-15(24)9-16)11-32-21(36)31(10-17(35)22(25,26)27)20(30-32)13-5-7-14(23)8-6-13/h2-9,12,17,34-35H,10-11H2,1H3/t12-,17-/m0/s1. The van der Waals surface area contributed by atoms with Crippen molar-refractivity contribution in [3.05, 3.63) is 80.7 Å². The molecule has 2 N–H and O–H groups in total. The van der Waals surface area contributed by atoms with Crippen molar-refractivity contribution in [2.45, 2.75) is 38.4 Å². The molecule has 2 aromatic carbocycles. The molecule has 0 saturated heterocycles. The van der Waals surface area contributed by atoms with Gasteiger partial charge in [-0.3, -0.25) is 4.57 Å². The van der Waals surface area contributed by atoms with Gasteiger partial charge in [0.2, 0.25) is 0 Å². The van der Waals surface area contributed by atoms with Crippen LogP contribution in [0.5, 0.6) is 0 Å². The van der Waals surface area contributed by atoms with Gasteiger partial charge in [-0.05, 0) is 49.4 Å². The highest BCUT2D eigenvalue weighted by atomic mass is 35.5. The zero-order valence-corrected chi connectivity index (χ0v) is 20.1. The highest BCUT2D eigenvalue weighted by Gasteiger charge is 2.39. The number of alkyl halides is 3. The first kappa shape index (κ1) is 25.9. The molecule has 0 radical (unpaired) electrons. The largest absolute Gasteiger partial charge is 0.416 e. The number of aliphatic hydroxyl groups excluding tert-OH is 2. The van der Waals surface area contributed by atoms with Crippen LogP contribution in [-0.2, 0) is 13.1 Å². The molecule has 2 heterocycles. The number of aliphatic hydroxyl groups is 2. The third kappa shape index (κ3) is 5.46. The lowest BCUT2D eigenvalue weighted by atomic mass is 10.2. The van der Waals surface area contributed by atoms with Crippen molar-refractivity contribution >= 4 is 23.2 Å². The van der Waals surface area contributed by atoms with E-state index in [-0.39, 0.29) is 24.0 Å². The molecular formula is C22H19Cl2F3N6O3. The van der Waals surface area contributed by atoms with Crippen LogP contribution >= 0.6 is 23.2 Å². The minimum atomic E-state index is -4.94. The molecule has 0 aliphatic heterocycles. The third-order valence-electron chi connectivity index (χ3n) is 5.15. The van der Waals surface area contributed by atoms with Crippen LogP contribution in [0.1, 0.15) is 24.7 Å². The Hall–Kier alpha value is -3.19. The van der Waals surface area contributed by atoms with E-state index in [1.165, 1.54) is 35.9 Å². The van der Waals surface area contributed by atoms with Crippen LogP contribution in [-0.4, -0.2) is 51.6 Å². The van der Waals surface area contributed by atoms with Gasteiger partial charge in [-0.1, -0.05) is 29.3 Å². The van der Waals surface area contributed by atoms with Gasteiger partial charge >= 0.3 is 11.9 Å². The molecule has 0 aliphatic rings. The smallest absolute Gasteiger partial charge is 0.385 e. The Labute approximate surface area is 212 Å². The molecular weight excluding hydrogens is 524 g/mol. The van der Waals surface area contributed by atoms with Gasteiger partial charge in [0, 0.05) is 15.6 Å². The van der Waals surface area contributed by atoms with Crippen LogP contribution in [0.4, 0.5) is 13.2 Å². The van der Waals surface area contributed by atoms with Crippen LogP contribution in [0.25, 0.3) is 17.1 Å². The number of aromatic nitrogens is 6. The van der Waals surface area contributed by atoms with Crippen molar-refractivity contribution in [2.75, 3.05) is 0 Å². The van der Waals surface area contributed by atoms with Gasteiger partial charge < -0.3 is 10.2 Å². The Bertz CT molecular complexity index is 1430. The Morgan fingerprint density at radius 2 is 1.72 bits per heavy atom. The van der Waals surface area contributed by atoms with Crippen molar-refractivity contribution in [1.29, 1.82) is 0 Å². The first-order chi connectivity index (χ1) is 16.9. The summed E-state index contributed by atoms with van der Waals surface area (Å²) in [5.74, 6) is 0.117. The highest BCUT2D eigenvalue weighted by molar-refractivity contribution is 6.31. The van der Waals surface area contributed by atoms with Crippen LogP contribution < -0.4 is 5.69 Å². The molecule has 0 saturated carbocycles. The van der Waals surface area contributed by atoms with Crippen LogP contribution in [0, 0.1) is 0 Å². The summed E-state index contributed by atoms with van der Waals surface area (Å²) in [5, 5.41) is 29.1. The summed E-state index contributed by atoms with van der Waals surface area (Å²) in [5.41, 5.74) is -0.0992. The fraction of sp³-hybridized carbons (Fsp3) is 0.273. The Balaban J connectivity index is 1.77. The van der Waals surface area contributed by atoms with Crippen molar-refractivity contribution in [2.24, 2.45) is 0 Å². The first-order valence-electron chi connectivity index (χ1n) is 10.5. The van der Waals surface area contributed by atoms with Gasteiger partial charge in [0.1, 0.15) is 12.6 Å². The molecule has 14 heteroatoms. The average molecular weight is 543 g/mol. The molecule has 0 bridgehead atoms. The lowest BCUT2D eigenvalue weighted by Crippen LogP contribution is -2.37. The topological polar surface area (TPSA) is 111 Å². The average Bonchev–Trinajstić information content (AvgIpc) is 3.36. The molecule has 9 nitrogen and oxygen atoms in total. The number of benzene rings is 2. The van der Waals surface area contributed by atoms with Crippen molar-refractivity contribution in [3.8, 4) is 17.1 Å². The zero-order valence-electron chi connectivity index (χ0n) is 18.6. The number of hydrogen-bond acceptors (Lipinski definition) is 6. The minimum absolute atomic E-state index is 0.0663. The van der Waals surface area contributed by atoms with E-state index in [9.17, 15) is 28.2 Å². The van der Waals surface area contributed by atoms with Gasteiger partial charge in [0.15, 0.2) is 23.6 Å². The molecule has 0 fully saturated rings. The number of nitrogens with zero attached hydrogens (tertiary/aromatic N) is 6. The molecule has 2 aromatic heterocycles. The number of rotatable bonds is 7. The summed E-state index contributed by atoms with van der Waals surface area (Å²) >= 11 is 12.0. The maximum Gasteiger partial charge on any atom is 0.416 e. The summed E-state index contributed by atoms with van der Waals surface area (Å²) in [7, 11) is 0. The second-order valence-electron chi connectivity index (χ2n) is 7.89. The van der Waals surface area contributed by atoms with Crippen LogP contribution in [0.15, 0.2) is 53.3 Å². The Kier molecular flexibility index (Phi) is 7.23. The quantitative estimate of drug-likeness (QED) is 0.369. The molecule has 0 aliphatic carbocycles. The van der Waals surface area contributed by atoms with E-state index < -0.39 is 30.6 Å². The number of halogens is 5. The highest BCUT2D eigenvalue weighted by Crippen LogP contribution is 2.24. The zero-order chi connectivity index (χ0) is 26.2. The van der Waals surface area contributed by atoms with E-state index >= 15 is 0 Å². The molecule has 190 valence electrons. The van der Waals surface area contributed by atoms with E-state index in [0.717, 1.165) is 9.25 Å². The molecule has 0 amide bonds. The predicted molar refractivity (Wildman–Crippen MR) is 125 cm³/mol. The van der Waals surface area contributed by atoms with Crippen molar-refractivity contribution in [1.82, 2.24) is 29.1 Å². The first-order valence-corrected chi connectivity index (χ1v) is 11.3. The van der Waals surface area contributed by atoms with E-state index in [1.807, 2.05) is 0 Å². The second kappa shape index (κ2) is 10.1. The maximum absolute atomic E-state index is 13.1. The summed E-state index contributed by atoms with van der Waals surface area (Å²) in [4.78, 5) is 17.3. The molecule has 0 unspecified atom stereocenters. The second-order valence-corrected chi connectivity index (χ2v) is 8.77. The minimum Gasteiger partial charge on any atom is -0.385 e. The fourth-order valence-corrected chi connectivity index (χ4v) is 3.75. The van der Waals surface area contributed by atoms with E-state index in [0.29, 0.717) is 21.3 Å². The van der Waals surface area contributed by atoms with Crippen LogP contribution in [0.3, 0.4) is 0 Å². The maximum atomic E-state index is 13.1. The Morgan fingerprint density at radius 1 is 1.03 bits per heavy atom. The molecule has 4 rings (SSSR count).